The Hall–Kier alpha value is -3.18. The number of amides is 1. The number of nitrogens with zero attached hydrogens (tertiary/aromatic N) is 1. The van der Waals surface area contributed by atoms with Crippen LogP contribution < -0.4 is 16.4 Å². The van der Waals surface area contributed by atoms with Gasteiger partial charge in [-0.25, -0.2) is 0 Å². The molecule has 0 aliphatic carbocycles. The minimum atomic E-state index is -0.154. The number of aromatic nitrogens is 1. The van der Waals surface area contributed by atoms with Crippen molar-refractivity contribution in [1.82, 2.24) is 4.98 Å². The van der Waals surface area contributed by atoms with E-state index < -0.39 is 0 Å². The molecule has 0 saturated carbocycles. The third-order valence-corrected chi connectivity index (χ3v) is 3.85. The first-order valence-electron chi connectivity index (χ1n) is 8.08. The lowest BCUT2D eigenvalue weighted by Crippen LogP contribution is -2.15. The van der Waals surface area contributed by atoms with Crippen molar-refractivity contribution in [3.63, 3.8) is 0 Å². The Labute approximate surface area is 146 Å². The zero-order valence-electron chi connectivity index (χ0n) is 13.8. The Bertz CT molecular complexity index is 832. The van der Waals surface area contributed by atoms with Crippen LogP contribution in [-0.4, -0.2) is 10.9 Å². The molecule has 0 saturated heterocycles. The molecular formula is C20H20N4O. The van der Waals surface area contributed by atoms with Crippen LogP contribution in [0.3, 0.4) is 0 Å². The Morgan fingerprint density at radius 1 is 0.920 bits per heavy atom. The molecular weight excluding hydrogens is 312 g/mol. The van der Waals surface area contributed by atoms with Crippen molar-refractivity contribution in [3.05, 3.63) is 89.7 Å². The van der Waals surface area contributed by atoms with Gasteiger partial charge in [-0.05, 0) is 47.5 Å². The van der Waals surface area contributed by atoms with Gasteiger partial charge in [0, 0.05) is 36.9 Å². The summed E-state index contributed by atoms with van der Waals surface area (Å²) in [5, 5.41) is 6.23. The lowest BCUT2D eigenvalue weighted by atomic mass is 10.1. The van der Waals surface area contributed by atoms with E-state index in [4.69, 9.17) is 5.73 Å². The van der Waals surface area contributed by atoms with Gasteiger partial charge in [0.05, 0.1) is 5.56 Å². The first-order valence-corrected chi connectivity index (χ1v) is 8.08. The van der Waals surface area contributed by atoms with Crippen LogP contribution in [0.2, 0.25) is 0 Å². The molecule has 3 rings (SSSR count). The summed E-state index contributed by atoms with van der Waals surface area (Å²) in [6, 6.07) is 18.9. The topological polar surface area (TPSA) is 80.0 Å². The molecule has 4 N–H and O–H groups in total. The van der Waals surface area contributed by atoms with Crippen LogP contribution in [0, 0.1) is 0 Å². The highest BCUT2D eigenvalue weighted by atomic mass is 16.1. The van der Waals surface area contributed by atoms with Crippen molar-refractivity contribution >= 4 is 17.3 Å². The molecule has 2 aromatic carbocycles. The Kier molecular flexibility index (Phi) is 5.39. The number of nitrogens with one attached hydrogen (secondary N) is 2. The number of benzene rings is 2. The summed E-state index contributed by atoms with van der Waals surface area (Å²) in [6.45, 7) is 1.11. The highest BCUT2D eigenvalue weighted by Crippen LogP contribution is 2.18. The Morgan fingerprint density at radius 3 is 2.36 bits per heavy atom. The molecule has 25 heavy (non-hydrogen) atoms. The number of hydrogen-bond donors (Lipinski definition) is 3. The van der Waals surface area contributed by atoms with Crippen molar-refractivity contribution in [2.45, 2.75) is 13.1 Å². The van der Waals surface area contributed by atoms with Crippen molar-refractivity contribution in [1.29, 1.82) is 0 Å². The predicted molar refractivity (Wildman–Crippen MR) is 100 cm³/mol. The summed E-state index contributed by atoms with van der Waals surface area (Å²) < 4.78 is 0. The van der Waals surface area contributed by atoms with Crippen LogP contribution in [-0.2, 0) is 13.1 Å². The van der Waals surface area contributed by atoms with E-state index in [2.05, 4.69) is 15.6 Å². The molecule has 5 heteroatoms. The number of carbonyl (C=O) groups is 1. The third-order valence-electron chi connectivity index (χ3n) is 3.85. The smallest absolute Gasteiger partial charge is 0.257 e. The van der Waals surface area contributed by atoms with E-state index >= 15 is 0 Å². The lowest BCUT2D eigenvalue weighted by molar-refractivity contribution is 0.102. The minimum Gasteiger partial charge on any atom is -0.380 e. The molecule has 0 atom stereocenters. The SMILES string of the molecule is NCc1ccc(NC(=O)c2ccccc2NCc2ccncc2)cc1. The number of para-hydroxylation sites is 1. The number of hydrogen-bond acceptors (Lipinski definition) is 4. The first kappa shape index (κ1) is 16.7. The van der Waals surface area contributed by atoms with Crippen molar-refractivity contribution in [2.24, 2.45) is 5.73 Å². The van der Waals surface area contributed by atoms with E-state index in [0.717, 1.165) is 22.5 Å². The van der Waals surface area contributed by atoms with Gasteiger partial charge in [-0.15, -0.1) is 0 Å². The van der Waals surface area contributed by atoms with Gasteiger partial charge in [-0.2, -0.15) is 0 Å². The summed E-state index contributed by atoms with van der Waals surface area (Å²) in [4.78, 5) is 16.6. The maximum Gasteiger partial charge on any atom is 0.257 e. The Morgan fingerprint density at radius 2 is 1.64 bits per heavy atom. The highest BCUT2D eigenvalue weighted by Gasteiger charge is 2.11. The fourth-order valence-corrected chi connectivity index (χ4v) is 2.46. The van der Waals surface area contributed by atoms with E-state index in [0.29, 0.717) is 18.7 Å². The monoisotopic (exact) mass is 332 g/mol. The highest BCUT2D eigenvalue weighted by molar-refractivity contribution is 6.08. The molecule has 3 aromatic rings. The zero-order valence-corrected chi connectivity index (χ0v) is 13.8. The molecule has 0 unspecified atom stereocenters. The van der Waals surface area contributed by atoms with Gasteiger partial charge in [-0.1, -0.05) is 24.3 Å². The molecule has 0 aliphatic heterocycles. The lowest BCUT2D eigenvalue weighted by Gasteiger charge is -2.12. The summed E-state index contributed by atoms with van der Waals surface area (Å²) in [5.41, 5.74) is 9.84. The van der Waals surface area contributed by atoms with Gasteiger partial charge in [0.2, 0.25) is 0 Å². The van der Waals surface area contributed by atoms with Gasteiger partial charge in [0.15, 0.2) is 0 Å². The van der Waals surface area contributed by atoms with Gasteiger partial charge >= 0.3 is 0 Å². The van der Waals surface area contributed by atoms with Crippen molar-refractivity contribution in [2.75, 3.05) is 10.6 Å². The molecule has 0 bridgehead atoms. The molecule has 1 heterocycles. The minimum absolute atomic E-state index is 0.154. The second-order valence-electron chi connectivity index (χ2n) is 5.61. The maximum absolute atomic E-state index is 12.6. The fraction of sp³-hybridized carbons (Fsp3) is 0.100. The average molecular weight is 332 g/mol. The molecule has 126 valence electrons. The molecule has 0 spiro atoms. The van der Waals surface area contributed by atoms with Gasteiger partial charge in [0.25, 0.3) is 5.91 Å². The van der Waals surface area contributed by atoms with Crippen LogP contribution in [0.4, 0.5) is 11.4 Å². The standard InChI is InChI=1S/C20H20N4O/c21-13-15-5-7-17(8-6-15)24-20(25)18-3-1-2-4-19(18)23-14-16-9-11-22-12-10-16/h1-12,23H,13-14,21H2,(H,24,25). The van der Waals surface area contributed by atoms with E-state index in [1.807, 2.05) is 54.6 Å². The van der Waals surface area contributed by atoms with Crippen LogP contribution in [0.1, 0.15) is 21.5 Å². The predicted octanol–water partition coefficient (Wildman–Crippen LogP) is 3.40. The van der Waals surface area contributed by atoms with E-state index in [9.17, 15) is 4.79 Å². The molecule has 0 fully saturated rings. The zero-order chi connectivity index (χ0) is 17.5. The van der Waals surface area contributed by atoms with E-state index in [1.165, 1.54) is 0 Å². The van der Waals surface area contributed by atoms with Crippen LogP contribution in [0.5, 0.6) is 0 Å². The normalized spacial score (nSPS) is 10.3. The molecule has 5 nitrogen and oxygen atoms in total. The van der Waals surface area contributed by atoms with E-state index in [-0.39, 0.29) is 5.91 Å². The van der Waals surface area contributed by atoms with Gasteiger partial charge < -0.3 is 16.4 Å². The molecule has 1 amide bonds. The van der Waals surface area contributed by atoms with Gasteiger partial charge in [-0.3, -0.25) is 9.78 Å². The molecule has 0 radical (unpaired) electrons. The second kappa shape index (κ2) is 8.08. The summed E-state index contributed by atoms with van der Waals surface area (Å²) in [6.07, 6.45) is 3.50. The maximum atomic E-state index is 12.6. The summed E-state index contributed by atoms with van der Waals surface area (Å²) in [7, 11) is 0. The average Bonchev–Trinajstić information content (AvgIpc) is 2.68. The summed E-state index contributed by atoms with van der Waals surface area (Å²) in [5.74, 6) is -0.154. The molecule has 0 aliphatic rings. The van der Waals surface area contributed by atoms with Crippen LogP contribution in [0.15, 0.2) is 73.1 Å². The summed E-state index contributed by atoms with van der Waals surface area (Å²) >= 11 is 0. The number of nitrogens with two attached hydrogens (primary N) is 1. The number of carbonyl (C=O) groups excluding carboxylic acids is 1. The largest absolute Gasteiger partial charge is 0.380 e. The number of pyridine rings is 1. The Balaban J connectivity index is 1.71. The quantitative estimate of drug-likeness (QED) is 0.646. The van der Waals surface area contributed by atoms with E-state index in [1.54, 1.807) is 18.5 Å². The second-order valence-corrected chi connectivity index (χ2v) is 5.61. The van der Waals surface area contributed by atoms with Crippen molar-refractivity contribution in [3.8, 4) is 0 Å². The number of rotatable bonds is 6. The third kappa shape index (κ3) is 4.43. The van der Waals surface area contributed by atoms with Gasteiger partial charge in [0.1, 0.15) is 0 Å². The van der Waals surface area contributed by atoms with Crippen LogP contribution >= 0.6 is 0 Å². The fourth-order valence-electron chi connectivity index (χ4n) is 2.46. The number of anilines is 2. The first-order chi connectivity index (χ1) is 12.3. The van der Waals surface area contributed by atoms with Crippen molar-refractivity contribution < 1.29 is 4.79 Å². The molecule has 1 aromatic heterocycles. The van der Waals surface area contributed by atoms with Crippen LogP contribution in [0.25, 0.3) is 0 Å².